The summed E-state index contributed by atoms with van der Waals surface area (Å²) in [5.74, 6) is 0.997. The van der Waals surface area contributed by atoms with Gasteiger partial charge in [-0.3, -0.25) is 0 Å². The van der Waals surface area contributed by atoms with Crippen LogP contribution in [-0.4, -0.2) is 37.2 Å². The number of ether oxygens (including phenoxy) is 1. The third kappa shape index (κ3) is 2.62. The molecule has 4 nitrogen and oxygen atoms in total. The van der Waals surface area contributed by atoms with E-state index in [4.69, 9.17) is 10.5 Å². The molecule has 1 aliphatic heterocycles. The van der Waals surface area contributed by atoms with E-state index < -0.39 is 0 Å². The van der Waals surface area contributed by atoms with Crippen molar-refractivity contribution >= 4 is 6.09 Å². The molecule has 0 spiro atoms. The monoisotopic (exact) mass is 214 g/mol. The molecule has 2 N–H and O–H groups in total. The maximum atomic E-state index is 11.6. The zero-order chi connectivity index (χ0) is 11.4. The first-order chi connectivity index (χ1) is 7.11. The second kappa shape index (κ2) is 5.35. The van der Waals surface area contributed by atoms with Crippen molar-refractivity contribution in [1.82, 2.24) is 4.90 Å². The molecular weight excluding hydrogens is 192 g/mol. The van der Waals surface area contributed by atoms with Crippen LogP contribution in [0.25, 0.3) is 0 Å². The van der Waals surface area contributed by atoms with E-state index in [1.165, 1.54) is 7.11 Å². The molecule has 0 bridgehead atoms. The first-order valence-corrected chi connectivity index (χ1v) is 5.66. The Morgan fingerprint density at radius 1 is 1.60 bits per heavy atom. The standard InChI is InChI=1S/C11H22N2O2/c1-8(2)10-9(4-6-12)5-7-13(10)11(14)15-3/h8-10H,4-7,12H2,1-3H3. The van der Waals surface area contributed by atoms with Gasteiger partial charge in [-0.2, -0.15) is 0 Å². The lowest BCUT2D eigenvalue weighted by Gasteiger charge is -2.30. The Bertz CT molecular complexity index is 219. The Balaban J connectivity index is 2.70. The van der Waals surface area contributed by atoms with E-state index in [2.05, 4.69) is 13.8 Å². The third-order valence-corrected chi connectivity index (χ3v) is 3.21. The van der Waals surface area contributed by atoms with Crippen molar-refractivity contribution in [2.45, 2.75) is 32.7 Å². The van der Waals surface area contributed by atoms with Gasteiger partial charge in [0.1, 0.15) is 0 Å². The molecule has 0 aliphatic carbocycles. The second-order valence-corrected chi connectivity index (χ2v) is 4.52. The summed E-state index contributed by atoms with van der Waals surface area (Å²) in [7, 11) is 1.44. The van der Waals surface area contributed by atoms with Crippen LogP contribution in [0.1, 0.15) is 26.7 Å². The van der Waals surface area contributed by atoms with Crippen LogP contribution >= 0.6 is 0 Å². The molecule has 0 aromatic heterocycles. The summed E-state index contributed by atoms with van der Waals surface area (Å²) in [6.07, 6.45) is 1.85. The van der Waals surface area contributed by atoms with Gasteiger partial charge in [0.2, 0.25) is 0 Å². The molecule has 0 radical (unpaired) electrons. The summed E-state index contributed by atoms with van der Waals surface area (Å²) in [6.45, 7) is 5.80. The van der Waals surface area contributed by atoms with Crippen LogP contribution in [0.15, 0.2) is 0 Å². The van der Waals surface area contributed by atoms with E-state index in [9.17, 15) is 4.79 Å². The molecule has 4 heteroatoms. The van der Waals surface area contributed by atoms with Crippen LogP contribution in [0.5, 0.6) is 0 Å². The van der Waals surface area contributed by atoms with Crippen LogP contribution in [-0.2, 0) is 4.74 Å². The highest BCUT2D eigenvalue weighted by molar-refractivity contribution is 5.68. The van der Waals surface area contributed by atoms with Crippen molar-refractivity contribution in [3.8, 4) is 0 Å². The van der Waals surface area contributed by atoms with Crippen molar-refractivity contribution in [3.05, 3.63) is 0 Å². The van der Waals surface area contributed by atoms with Gasteiger partial charge in [-0.15, -0.1) is 0 Å². The highest BCUT2D eigenvalue weighted by Crippen LogP contribution is 2.32. The predicted octanol–water partition coefficient (Wildman–Crippen LogP) is 1.45. The second-order valence-electron chi connectivity index (χ2n) is 4.52. The van der Waals surface area contributed by atoms with Gasteiger partial charge < -0.3 is 15.4 Å². The molecule has 1 saturated heterocycles. The van der Waals surface area contributed by atoms with Crippen LogP contribution < -0.4 is 5.73 Å². The molecular formula is C11H22N2O2. The van der Waals surface area contributed by atoms with Crippen LogP contribution in [0.4, 0.5) is 4.79 Å². The summed E-state index contributed by atoms with van der Waals surface area (Å²) in [5, 5.41) is 0. The van der Waals surface area contributed by atoms with Crippen molar-refractivity contribution in [1.29, 1.82) is 0 Å². The normalized spacial score (nSPS) is 26.1. The molecule has 1 heterocycles. The van der Waals surface area contributed by atoms with Crippen molar-refractivity contribution in [2.24, 2.45) is 17.6 Å². The maximum Gasteiger partial charge on any atom is 0.409 e. The molecule has 2 unspecified atom stereocenters. The molecule has 15 heavy (non-hydrogen) atoms. The summed E-state index contributed by atoms with van der Waals surface area (Å²) in [5.41, 5.74) is 5.59. The highest BCUT2D eigenvalue weighted by atomic mass is 16.5. The first kappa shape index (κ1) is 12.3. The summed E-state index contributed by atoms with van der Waals surface area (Å²) < 4.78 is 4.80. The summed E-state index contributed by atoms with van der Waals surface area (Å²) >= 11 is 0. The molecule has 0 aromatic rings. The van der Waals surface area contributed by atoms with Crippen LogP contribution in [0.3, 0.4) is 0 Å². The van der Waals surface area contributed by atoms with Gasteiger partial charge in [0.15, 0.2) is 0 Å². The number of likely N-dealkylation sites (tertiary alicyclic amines) is 1. The minimum absolute atomic E-state index is 0.201. The van der Waals surface area contributed by atoms with E-state index in [0.717, 1.165) is 19.4 Å². The molecule has 1 aliphatic rings. The molecule has 88 valence electrons. The number of rotatable bonds is 3. The first-order valence-electron chi connectivity index (χ1n) is 5.66. The fourth-order valence-electron chi connectivity index (χ4n) is 2.64. The van der Waals surface area contributed by atoms with E-state index >= 15 is 0 Å². The number of amides is 1. The lowest BCUT2D eigenvalue weighted by molar-refractivity contribution is 0.101. The fraction of sp³-hybridized carbons (Fsp3) is 0.909. The number of hydrogen-bond acceptors (Lipinski definition) is 3. The topological polar surface area (TPSA) is 55.6 Å². The van der Waals surface area contributed by atoms with E-state index in [1.54, 1.807) is 0 Å². The van der Waals surface area contributed by atoms with Crippen LogP contribution in [0, 0.1) is 11.8 Å². The number of methoxy groups -OCH3 is 1. The predicted molar refractivity (Wildman–Crippen MR) is 59.5 cm³/mol. The Labute approximate surface area is 91.8 Å². The number of carbonyl (C=O) groups excluding carboxylic acids is 1. The van der Waals surface area contributed by atoms with Gasteiger partial charge in [-0.1, -0.05) is 13.8 Å². The smallest absolute Gasteiger partial charge is 0.409 e. The van der Waals surface area contributed by atoms with E-state index in [1.807, 2.05) is 4.90 Å². The maximum absolute atomic E-state index is 11.6. The fourth-order valence-corrected chi connectivity index (χ4v) is 2.64. The van der Waals surface area contributed by atoms with Crippen LogP contribution in [0.2, 0.25) is 0 Å². The molecule has 1 rings (SSSR count). The van der Waals surface area contributed by atoms with Crippen molar-refractivity contribution < 1.29 is 9.53 Å². The average Bonchev–Trinajstić information content (AvgIpc) is 2.61. The lowest BCUT2D eigenvalue weighted by atomic mass is 9.89. The van der Waals surface area contributed by atoms with Gasteiger partial charge in [-0.05, 0) is 31.2 Å². The summed E-state index contributed by atoms with van der Waals surface area (Å²) in [4.78, 5) is 13.4. The SMILES string of the molecule is COC(=O)N1CCC(CCN)C1C(C)C. The Morgan fingerprint density at radius 2 is 2.27 bits per heavy atom. The lowest BCUT2D eigenvalue weighted by Crippen LogP contribution is -2.41. The number of nitrogens with zero attached hydrogens (tertiary/aromatic N) is 1. The highest BCUT2D eigenvalue weighted by Gasteiger charge is 2.38. The Morgan fingerprint density at radius 3 is 2.73 bits per heavy atom. The minimum Gasteiger partial charge on any atom is -0.453 e. The zero-order valence-electron chi connectivity index (χ0n) is 9.90. The Hall–Kier alpha value is -0.770. The summed E-state index contributed by atoms with van der Waals surface area (Å²) in [6, 6.07) is 0.293. The number of carbonyl (C=O) groups is 1. The van der Waals surface area contributed by atoms with Gasteiger partial charge in [0.05, 0.1) is 7.11 Å². The van der Waals surface area contributed by atoms with E-state index in [0.29, 0.717) is 24.4 Å². The molecule has 0 aromatic carbocycles. The van der Waals surface area contributed by atoms with Crippen molar-refractivity contribution in [2.75, 3.05) is 20.2 Å². The molecule has 0 saturated carbocycles. The van der Waals surface area contributed by atoms with Gasteiger partial charge >= 0.3 is 6.09 Å². The average molecular weight is 214 g/mol. The third-order valence-electron chi connectivity index (χ3n) is 3.21. The van der Waals surface area contributed by atoms with Gasteiger partial charge in [-0.25, -0.2) is 4.79 Å². The number of hydrogen-bond donors (Lipinski definition) is 1. The zero-order valence-corrected chi connectivity index (χ0v) is 9.90. The molecule has 1 amide bonds. The van der Waals surface area contributed by atoms with Gasteiger partial charge in [0, 0.05) is 12.6 Å². The van der Waals surface area contributed by atoms with Crippen molar-refractivity contribution in [3.63, 3.8) is 0 Å². The molecule has 2 atom stereocenters. The quantitative estimate of drug-likeness (QED) is 0.773. The largest absolute Gasteiger partial charge is 0.453 e. The minimum atomic E-state index is -0.201. The molecule has 1 fully saturated rings. The van der Waals surface area contributed by atoms with E-state index in [-0.39, 0.29) is 6.09 Å². The number of nitrogens with two attached hydrogens (primary N) is 1. The Kier molecular flexibility index (Phi) is 4.39. The van der Waals surface area contributed by atoms with Gasteiger partial charge in [0.25, 0.3) is 0 Å².